The molecule has 4 rings (SSSR count). The van der Waals surface area contributed by atoms with Gasteiger partial charge in [0.25, 0.3) is 0 Å². The van der Waals surface area contributed by atoms with Gasteiger partial charge < -0.3 is 14.7 Å². The Morgan fingerprint density at radius 1 is 1.07 bits per heavy atom. The third-order valence-electron chi connectivity index (χ3n) is 5.49. The SMILES string of the molecule is CCOC(=O)c1[nH]c2cc3c([nH]c4c(CC=C(C)C)cccc43)c(C)c2c1C. The molecule has 0 atom stereocenters. The third kappa shape index (κ3) is 2.80. The zero-order valence-electron chi connectivity index (χ0n) is 17.1. The molecule has 28 heavy (non-hydrogen) atoms. The summed E-state index contributed by atoms with van der Waals surface area (Å²) in [6, 6.07) is 8.61. The second-order valence-electron chi connectivity index (χ2n) is 7.64. The second kappa shape index (κ2) is 6.86. The van der Waals surface area contributed by atoms with Crippen LogP contribution in [-0.4, -0.2) is 22.5 Å². The van der Waals surface area contributed by atoms with Crippen LogP contribution in [0, 0.1) is 13.8 Å². The van der Waals surface area contributed by atoms with Gasteiger partial charge in [0.05, 0.1) is 17.6 Å². The number of rotatable bonds is 4. The average molecular weight is 374 g/mol. The fourth-order valence-corrected chi connectivity index (χ4v) is 4.12. The molecule has 2 aromatic heterocycles. The van der Waals surface area contributed by atoms with Crippen LogP contribution in [0.1, 0.15) is 48.0 Å². The predicted molar refractivity (Wildman–Crippen MR) is 116 cm³/mol. The van der Waals surface area contributed by atoms with Crippen LogP contribution in [0.25, 0.3) is 32.7 Å². The average Bonchev–Trinajstić information content (AvgIpc) is 3.19. The van der Waals surface area contributed by atoms with E-state index in [-0.39, 0.29) is 5.97 Å². The molecule has 4 aromatic rings. The van der Waals surface area contributed by atoms with Crippen LogP contribution in [0.15, 0.2) is 35.9 Å². The molecule has 0 fully saturated rings. The van der Waals surface area contributed by atoms with E-state index in [1.165, 1.54) is 27.4 Å². The molecule has 0 bridgehead atoms. The molecule has 0 radical (unpaired) electrons. The van der Waals surface area contributed by atoms with Crippen LogP contribution in [-0.2, 0) is 11.2 Å². The van der Waals surface area contributed by atoms with Crippen LogP contribution in [0.3, 0.4) is 0 Å². The Labute approximate surface area is 164 Å². The fraction of sp³-hybridized carbons (Fsp3) is 0.292. The lowest BCUT2D eigenvalue weighted by Crippen LogP contribution is -2.06. The van der Waals surface area contributed by atoms with Gasteiger partial charge in [0.1, 0.15) is 5.69 Å². The van der Waals surface area contributed by atoms with E-state index in [9.17, 15) is 4.79 Å². The Bertz CT molecular complexity index is 1250. The summed E-state index contributed by atoms with van der Waals surface area (Å²) in [5, 5.41) is 3.48. The smallest absolute Gasteiger partial charge is 0.355 e. The first-order valence-corrected chi connectivity index (χ1v) is 9.78. The first kappa shape index (κ1) is 18.4. The summed E-state index contributed by atoms with van der Waals surface area (Å²) >= 11 is 0. The standard InChI is InChI=1S/C24H26N2O2/c1-6-28-24(27)22-15(5)20-14(4)21-18(12-19(20)25-22)17-9-7-8-16(23(17)26-21)11-10-13(2)3/h7-10,12,25-26H,6,11H2,1-5H3. The molecule has 0 unspecified atom stereocenters. The van der Waals surface area contributed by atoms with E-state index in [2.05, 4.69) is 61.1 Å². The van der Waals surface area contributed by atoms with Crippen molar-refractivity contribution in [2.24, 2.45) is 0 Å². The number of aromatic nitrogens is 2. The number of hydrogen-bond donors (Lipinski definition) is 2. The summed E-state index contributed by atoms with van der Waals surface area (Å²) in [5.41, 5.74) is 8.54. The number of nitrogens with one attached hydrogen (secondary N) is 2. The van der Waals surface area contributed by atoms with Crippen LogP contribution < -0.4 is 0 Å². The van der Waals surface area contributed by atoms with Crippen LogP contribution in [0.5, 0.6) is 0 Å². The van der Waals surface area contributed by atoms with E-state index < -0.39 is 0 Å². The number of aryl methyl sites for hydroxylation is 2. The molecule has 4 heteroatoms. The number of carbonyl (C=O) groups is 1. The van der Waals surface area contributed by atoms with Crippen molar-refractivity contribution in [3.05, 3.63) is 58.3 Å². The molecule has 0 aliphatic carbocycles. The molecule has 0 aliphatic rings. The van der Waals surface area contributed by atoms with E-state index in [4.69, 9.17) is 4.74 Å². The van der Waals surface area contributed by atoms with Crippen molar-refractivity contribution in [2.75, 3.05) is 6.61 Å². The van der Waals surface area contributed by atoms with E-state index in [0.717, 1.165) is 34.0 Å². The molecular formula is C24H26N2O2. The van der Waals surface area contributed by atoms with Crippen molar-refractivity contribution in [3.63, 3.8) is 0 Å². The van der Waals surface area contributed by atoms with Crippen molar-refractivity contribution in [3.8, 4) is 0 Å². The minimum absolute atomic E-state index is 0.298. The Morgan fingerprint density at radius 3 is 2.57 bits per heavy atom. The molecule has 0 spiro atoms. The lowest BCUT2D eigenvalue weighted by atomic mass is 10.0. The van der Waals surface area contributed by atoms with Crippen molar-refractivity contribution in [1.29, 1.82) is 0 Å². The van der Waals surface area contributed by atoms with Crippen molar-refractivity contribution in [2.45, 2.75) is 41.0 Å². The number of benzene rings is 2. The normalized spacial score (nSPS) is 11.5. The maximum Gasteiger partial charge on any atom is 0.355 e. The minimum atomic E-state index is -0.298. The summed E-state index contributed by atoms with van der Waals surface area (Å²) < 4.78 is 5.21. The highest BCUT2D eigenvalue weighted by molar-refractivity contribution is 6.15. The number of carbonyl (C=O) groups excluding carboxylic acids is 1. The number of allylic oxidation sites excluding steroid dienone is 2. The van der Waals surface area contributed by atoms with Gasteiger partial charge in [-0.3, -0.25) is 0 Å². The quantitative estimate of drug-likeness (QED) is 0.335. The number of aromatic amines is 2. The molecule has 144 valence electrons. The predicted octanol–water partition coefficient (Wildman–Crippen LogP) is 6.10. The van der Waals surface area contributed by atoms with Gasteiger partial charge in [-0.05, 0) is 63.8 Å². The molecule has 4 nitrogen and oxygen atoms in total. The van der Waals surface area contributed by atoms with Crippen LogP contribution in [0.4, 0.5) is 0 Å². The van der Waals surface area contributed by atoms with Gasteiger partial charge in [-0.1, -0.05) is 29.8 Å². The van der Waals surface area contributed by atoms with Crippen LogP contribution >= 0.6 is 0 Å². The summed E-state index contributed by atoms with van der Waals surface area (Å²) in [7, 11) is 0. The van der Waals surface area contributed by atoms with E-state index in [1.807, 2.05) is 13.8 Å². The molecule has 2 N–H and O–H groups in total. The largest absolute Gasteiger partial charge is 0.461 e. The number of para-hydroxylation sites is 1. The van der Waals surface area contributed by atoms with Crippen LogP contribution in [0.2, 0.25) is 0 Å². The monoisotopic (exact) mass is 374 g/mol. The third-order valence-corrected chi connectivity index (χ3v) is 5.49. The molecule has 0 saturated carbocycles. The molecular weight excluding hydrogens is 348 g/mol. The van der Waals surface area contributed by atoms with Gasteiger partial charge in [0.15, 0.2) is 0 Å². The van der Waals surface area contributed by atoms with Gasteiger partial charge in [-0.2, -0.15) is 0 Å². The summed E-state index contributed by atoms with van der Waals surface area (Å²) in [4.78, 5) is 19.3. The van der Waals surface area contributed by atoms with E-state index in [1.54, 1.807) is 0 Å². The minimum Gasteiger partial charge on any atom is -0.461 e. The van der Waals surface area contributed by atoms with Crippen molar-refractivity contribution in [1.82, 2.24) is 9.97 Å². The van der Waals surface area contributed by atoms with Gasteiger partial charge in [0.2, 0.25) is 0 Å². The Balaban J connectivity index is 1.98. The van der Waals surface area contributed by atoms with E-state index >= 15 is 0 Å². The Hall–Kier alpha value is -3.01. The molecule has 2 heterocycles. The highest BCUT2D eigenvalue weighted by Gasteiger charge is 2.20. The zero-order chi connectivity index (χ0) is 20.0. The molecule has 2 aromatic carbocycles. The number of fused-ring (bicyclic) bond motifs is 4. The fourth-order valence-electron chi connectivity index (χ4n) is 4.12. The first-order valence-electron chi connectivity index (χ1n) is 9.78. The van der Waals surface area contributed by atoms with Crippen molar-refractivity contribution >= 4 is 38.7 Å². The molecule has 0 amide bonds. The topological polar surface area (TPSA) is 57.9 Å². The highest BCUT2D eigenvalue weighted by Crippen LogP contribution is 2.36. The second-order valence-corrected chi connectivity index (χ2v) is 7.64. The number of hydrogen-bond acceptors (Lipinski definition) is 2. The lowest BCUT2D eigenvalue weighted by Gasteiger charge is -2.02. The van der Waals surface area contributed by atoms with E-state index in [0.29, 0.717) is 12.3 Å². The number of H-pyrrole nitrogens is 2. The Morgan fingerprint density at radius 2 is 1.86 bits per heavy atom. The summed E-state index contributed by atoms with van der Waals surface area (Å²) in [6.45, 7) is 10.5. The Kier molecular flexibility index (Phi) is 4.50. The zero-order valence-corrected chi connectivity index (χ0v) is 17.1. The highest BCUT2D eigenvalue weighted by atomic mass is 16.5. The maximum absolute atomic E-state index is 12.3. The summed E-state index contributed by atoms with van der Waals surface area (Å²) in [6.07, 6.45) is 3.17. The first-order chi connectivity index (χ1) is 13.4. The van der Waals surface area contributed by atoms with Gasteiger partial charge in [-0.15, -0.1) is 0 Å². The van der Waals surface area contributed by atoms with Gasteiger partial charge in [0, 0.05) is 21.7 Å². The van der Waals surface area contributed by atoms with Gasteiger partial charge in [-0.25, -0.2) is 4.79 Å². The summed E-state index contributed by atoms with van der Waals surface area (Å²) in [5.74, 6) is -0.298. The maximum atomic E-state index is 12.3. The molecule has 0 aliphatic heterocycles. The lowest BCUT2D eigenvalue weighted by molar-refractivity contribution is 0.0520. The van der Waals surface area contributed by atoms with Gasteiger partial charge >= 0.3 is 5.97 Å². The number of esters is 1. The molecule has 0 saturated heterocycles. The van der Waals surface area contributed by atoms with Crippen molar-refractivity contribution < 1.29 is 9.53 Å². The number of ether oxygens (including phenoxy) is 1.